The monoisotopic (exact) mass is 480 g/mol. The first-order valence-electron chi connectivity index (χ1n) is 12.9. The van der Waals surface area contributed by atoms with E-state index in [2.05, 4.69) is 56.5 Å². The standard InChI is InChI=1S/C26H46N3O3S/c1-7-9-11-13-17-22(30)32-25(26(3,4)5)29(6)18-15-16-21(20-29)23-24(28-33-27-23)31-19-14-12-10-8-2/h16,25H,7-15,17-20H2,1-6H3/q+1. The Morgan fingerprint density at radius 1 is 1.09 bits per heavy atom. The molecule has 2 heterocycles. The van der Waals surface area contributed by atoms with Crippen LogP contribution in [-0.2, 0) is 9.53 Å². The van der Waals surface area contributed by atoms with Gasteiger partial charge in [0.25, 0.3) is 5.88 Å². The number of hydrogen-bond acceptors (Lipinski definition) is 6. The van der Waals surface area contributed by atoms with Crippen molar-refractivity contribution in [2.75, 3.05) is 26.7 Å². The summed E-state index contributed by atoms with van der Waals surface area (Å²) in [5.41, 5.74) is 1.84. The molecular weight excluding hydrogens is 434 g/mol. The van der Waals surface area contributed by atoms with Crippen molar-refractivity contribution in [1.29, 1.82) is 0 Å². The average molecular weight is 481 g/mol. The summed E-state index contributed by atoms with van der Waals surface area (Å²) in [6.45, 7) is 13.3. The third kappa shape index (κ3) is 8.67. The molecule has 7 heteroatoms. The number of carbonyl (C=O) groups excluding carboxylic acids is 1. The number of unbranched alkanes of at least 4 members (excludes halogenated alkanes) is 6. The zero-order valence-corrected chi connectivity index (χ0v) is 22.6. The molecule has 1 aromatic heterocycles. The molecule has 2 rings (SSSR count). The predicted molar refractivity (Wildman–Crippen MR) is 136 cm³/mol. The van der Waals surface area contributed by atoms with Crippen LogP contribution in [0.2, 0.25) is 0 Å². The number of rotatable bonds is 14. The number of likely N-dealkylation sites (N-methyl/N-ethyl adjacent to an activating group) is 1. The van der Waals surface area contributed by atoms with Gasteiger partial charge in [0.1, 0.15) is 12.2 Å². The van der Waals surface area contributed by atoms with Gasteiger partial charge in [0.2, 0.25) is 6.23 Å². The number of quaternary nitrogens is 1. The van der Waals surface area contributed by atoms with E-state index in [4.69, 9.17) is 9.47 Å². The van der Waals surface area contributed by atoms with Gasteiger partial charge in [-0.2, -0.15) is 4.37 Å². The first kappa shape index (κ1) is 27.8. The third-order valence-corrected chi connectivity index (χ3v) is 6.86. The Hall–Kier alpha value is -1.47. The molecule has 6 nitrogen and oxygen atoms in total. The van der Waals surface area contributed by atoms with Gasteiger partial charge in [0.05, 0.1) is 37.3 Å². The molecule has 0 aliphatic carbocycles. The largest absolute Gasteiger partial charge is 0.475 e. The van der Waals surface area contributed by atoms with Crippen LogP contribution < -0.4 is 4.74 Å². The highest BCUT2D eigenvalue weighted by molar-refractivity contribution is 6.99. The van der Waals surface area contributed by atoms with Gasteiger partial charge in [0.15, 0.2) is 0 Å². The quantitative estimate of drug-likeness (QED) is 0.170. The first-order valence-corrected chi connectivity index (χ1v) is 13.6. The van der Waals surface area contributed by atoms with Gasteiger partial charge >= 0.3 is 5.97 Å². The summed E-state index contributed by atoms with van der Waals surface area (Å²) in [6, 6.07) is 0. The Kier molecular flexibility index (Phi) is 11.3. The summed E-state index contributed by atoms with van der Waals surface area (Å²) in [5, 5.41) is 0. The molecule has 0 spiro atoms. The molecule has 0 bridgehead atoms. The zero-order chi connectivity index (χ0) is 24.3. The van der Waals surface area contributed by atoms with Crippen LogP contribution in [0.15, 0.2) is 6.08 Å². The van der Waals surface area contributed by atoms with E-state index in [-0.39, 0.29) is 17.6 Å². The Bertz CT molecular complexity index is 756. The number of hydrogen-bond donors (Lipinski definition) is 0. The molecule has 1 aliphatic heterocycles. The second-order valence-electron chi connectivity index (χ2n) is 10.7. The maximum absolute atomic E-state index is 12.7. The lowest BCUT2D eigenvalue weighted by atomic mass is 9.89. The molecule has 2 unspecified atom stereocenters. The molecule has 0 fully saturated rings. The topological polar surface area (TPSA) is 61.3 Å². The van der Waals surface area contributed by atoms with Crippen LogP contribution >= 0.6 is 11.7 Å². The van der Waals surface area contributed by atoms with Gasteiger partial charge in [-0.15, -0.1) is 4.37 Å². The minimum Gasteiger partial charge on any atom is -0.475 e. The molecule has 1 aliphatic rings. The maximum atomic E-state index is 12.7. The third-order valence-electron chi connectivity index (χ3n) is 6.35. The van der Waals surface area contributed by atoms with Crippen molar-refractivity contribution in [2.45, 2.75) is 105 Å². The zero-order valence-electron chi connectivity index (χ0n) is 21.8. The first-order chi connectivity index (χ1) is 15.7. The molecule has 0 radical (unpaired) electrons. The molecule has 188 valence electrons. The second kappa shape index (κ2) is 13.4. The van der Waals surface area contributed by atoms with E-state index >= 15 is 0 Å². The van der Waals surface area contributed by atoms with Crippen LogP contribution in [0.1, 0.15) is 105 Å². The summed E-state index contributed by atoms with van der Waals surface area (Å²) < 4.78 is 21.8. The highest BCUT2D eigenvalue weighted by Gasteiger charge is 2.46. The fourth-order valence-electron chi connectivity index (χ4n) is 4.73. The SMILES string of the molecule is CCCCCCOc1nsnc1C1=CCC[N+](C)(C(OC(=O)CCCCCC)C(C)(C)C)C1. The van der Waals surface area contributed by atoms with Crippen molar-refractivity contribution in [1.82, 2.24) is 8.75 Å². The van der Waals surface area contributed by atoms with Crippen LogP contribution in [-0.4, -0.2) is 52.2 Å². The summed E-state index contributed by atoms with van der Waals surface area (Å²) >= 11 is 1.21. The van der Waals surface area contributed by atoms with Crippen LogP contribution in [0, 0.1) is 5.41 Å². The van der Waals surface area contributed by atoms with E-state index in [1.165, 1.54) is 43.8 Å². The lowest BCUT2D eigenvalue weighted by molar-refractivity contribution is -0.954. The number of ether oxygens (including phenoxy) is 2. The van der Waals surface area contributed by atoms with Crippen molar-refractivity contribution in [3.63, 3.8) is 0 Å². The van der Waals surface area contributed by atoms with Gasteiger partial charge < -0.3 is 9.47 Å². The minimum absolute atomic E-state index is 0.0760. The van der Waals surface area contributed by atoms with E-state index in [9.17, 15) is 4.79 Å². The highest BCUT2D eigenvalue weighted by atomic mass is 32.1. The number of nitrogens with zero attached hydrogens (tertiary/aromatic N) is 3. The maximum Gasteiger partial charge on any atom is 0.310 e. The van der Waals surface area contributed by atoms with Crippen molar-refractivity contribution in [3.05, 3.63) is 11.8 Å². The van der Waals surface area contributed by atoms with Gasteiger partial charge in [0, 0.05) is 18.4 Å². The van der Waals surface area contributed by atoms with E-state index in [0.717, 1.165) is 50.0 Å². The predicted octanol–water partition coefficient (Wildman–Crippen LogP) is 6.62. The van der Waals surface area contributed by atoms with E-state index in [0.29, 0.717) is 23.4 Å². The van der Waals surface area contributed by atoms with E-state index in [1.54, 1.807) is 0 Å². The van der Waals surface area contributed by atoms with E-state index < -0.39 is 0 Å². The van der Waals surface area contributed by atoms with Gasteiger partial charge in [-0.3, -0.25) is 9.28 Å². The normalized spacial score (nSPS) is 19.8. The molecular formula is C26H46N3O3S+. The smallest absolute Gasteiger partial charge is 0.310 e. The fraction of sp³-hybridized carbons (Fsp3) is 0.808. The Labute approximate surface area is 205 Å². The summed E-state index contributed by atoms with van der Waals surface area (Å²) in [5.74, 6) is 0.573. The molecule has 0 amide bonds. The number of aromatic nitrogens is 2. The van der Waals surface area contributed by atoms with Crippen LogP contribution in [0.3, 0.4) is 0 Å². The van der Waals surface area contributed by atoms with Gasteiger partial charge in [-0.25, -0.2) is 0 Å². The highest BCUT2D eigenvalue weighted by Crippen LogP contribution is 2.37. The van der Waals surface area contributed by atoms with E-state index in [1.807, 2.05) is 0 Å². The molecule has 1 aromatic rings. The summed E-state index contributed by atoms with van der Waals surface area (Å²) in [6.07, 6.45) is 12.4. The average Bonchev–Trinajstić information content (AvgIpc) is 3.23. The molecule has 2 atom stereocenters. The molecule has 0 N–H and O–H groups in total. The van der Waals surface area contributed by atoms with Crippen LogP contribution in [0.4, 0.5) is 0 Å². The molecule has 0 saturated heterocycles. The Balaban J connectivity index is 2.07. The van der Waals surface area contributed by atoms with Gasteiger partial charge in [-0.05, 0) is 12.8 Å². The van der Waals surface area contributed by atoms with Crippen LogP contribution in [0.5, 0.6) is 5.88 Å². The Morgan fingerprint density at radius 3 is 2.45 bits per heavy atom. The molecule has 33 heavy (non-hydrogen) atoms. The summed E-state index contributed by atoms with van der Waals surface area (Å²) in [7, 11) is 2.21. The molecule has 0 saturated carbocycles. The van der Waals surface area contributed by atoms with Crippen molar-refractivity contribution in [3.8, 4) is 5.88 Å². The van der Waals surface area contributed by atoms with Crippen LogP contribution in [0.25, 0.3) is 5.57 Å². The molecule has 0 aromatic carbocycles. The Morgan fingerprint density at radius 2 is 1.79 bits per heavy atom. The van der Waals surface area contributed by atoms with Gasteiger partial charge in [-0.1, -0.05) is 79.2 Å². The van der Waals surface area contributed by atoms with Crippen molar-refractivity contribution < 1.29 is 18.8 Å². The fourth-order valence-corrected chi connectivity index (χ4v) is 5.26. The number of carbonyl (C=O) groups is 1. The van der Waals surface area contributed by atoms with Crippen molar-refractivity contribution >= 4 is 23.3 Å². The summed E-state index contributed by atoms with van der Waals surface area (Å²) in [4.78, 5) is 12.7. The lowest BCUT2D eigenvalue weighted by Crippen LogP contribution is -2.61. The lowest BCUT2D eigenvalue weighted by Gasteiger charge is -2.47. The number of esters is 1. The second-order valence-corrected chi connectivity index (χ2v) is 11.3. The van der Waals surface area contributed by atoms with Crippen molar-refractivity contribution in [2.24, 2.45) is 5.41 Å². The minimum atomic E-state index is -0.218.